The van der Waals surface area contributed by atoms with Crippen LogP contribution in [0.25, 0.3) is 0 Å². The van der Waals surface area contributed by atoms with Gasteiger partial charge in [-0.3, -0.25) is 14.9 Å². The molecule has 1 aliphatic heterocycles. The van der Waals surface area contributed by atoms with Crippen molar-refractivity contribution in [1.29, 1.82) is 0 Å². The minimum absolute atomic E-state index is 0.142. The maximum absolute atomic E-state index is 12.3. The van der Waals surface area contributed by atoms with Crippen molar-refractivity contribution in [2.24, 2.45) is 0 Å². The fourth-order valence-corrected chi connectivity index (χ4v) is 3.71. The molecular formula is C17H16N2O5S. The van der Waals surface area contributed by atoms with Gasteiger partial charge < -0.3 is 9.64 Å². The number of benzene rings is 1. The molecule has 1 aliphatic rings. The van der Waals surface area contributed by atoms with Gasteiger partial charge in [0.15, 0.2) is 6.61 Å². The average Bonchev–Trinajstić information content (AvgIpc) is 3.06. The third-order valence-corrected chi connectivity index (χ3v) is 5.15. The standard InChI is InChI=1S/C17H16N2O5S/c1-11-3-2-4-13(16(11)19(22)23)17(21)24-10-15(20)18-7-5-14-12(9-18)6-8-25-14/h2-4,6,8H,5,7,9-10H2,1H3. The van der Waals surface area contributed by atoms with E-state index in [9.17, 15) is 19.7 Å². The zero-order valence-electron chi connectivity index (χ0n) is 13.6. The van der Waals surface area contributed by atoms with E-state index in [0.717, 1.165) is 12.0 Å². The summed E-state index contributed by atoms with van der Waals surface area (Å²) in [6.07, 6.45) is 0.788. The van der Waals surface area contributed by atoms with Crippen molar-refractivity contribution in [3.63, 3.8) is 0 Å². The zero-order chi connectivity index (χ0) is 18.0. The van der Waals surface area contributed by atoms with Gasteiger partial charge in [-0.05, 0) is 36.4 Å². The summed E-state index contributed by atoms with van der Waals surface area (Å²) in [4.78, 5) is 37.9. The molecular weight excluding hydrogens is 344 g/mol. The molecule has 7 nitrogen and oxygen atoms in total. The van der Waals surface area contributed by atoms with E-state index in [0.29, 0.717) is 18.7 Å². The van der Waals surface area contributed by atoms with Gasteiger partial charge in [0.2, 0.25) is 0 Å². The molecule has 0 unspecified atom stereocenters. The molecule has 0 saturated heterocycles. The molecule has 0 fully saturated rings. The van der Waals surface area contributed by atoms with Crippen LogP contribution in [-0.2, 0) is 22.5 Å². The summed E-state index contributed by atoms with van der Waals surface area (Å²) >= 11 is 1.67. The molecule has 3 rings (SSSR count). The summed E-state index contributed by atoms with van der Waals surface area (Å²) in [6.45, 7) is 2.20. The number of nitrogens with zero attached hydrogens (tertiary/aromatic N) is 2. The van der Waals surface area contributed by atoms with Gasteiger partial charge in [-0.25, -0.2) is 4.79 Å². The third kappa shape index (κ3) is 3.53. The molecule has 25 heavy (non-hydrogen) atoms. The number of nitro groups is 1. The molecule has 2 aromatic rings. The number of hydrogen-bond acceptors (Lipinski definition) is 6. The molecule has 1 amide bonds. The molecule has 0 atom stereocenters. The van der Waals surface area contributed by atoms with Crippen LogP contribution in [0.3, 0.4) is 0 Å². The van der Waals surface area contributed by atoms with Gasteiger partial charge in [0.1, 0.15) is 5.56 Å². The quantitative estimate of drug-likeness (QED) is 0.475. The fourth-order valence-electron chi connectivity index (χ4n) is 2.82. The maximum atomic E-state index is 12.3. The van der Waals surface area contributed by atoms with Gasteiger partial charge in [-0.2, -0.15) is 0 Å². The Morgan fingerprint density at radius 1 is 1.36 bits per heavy atom. The maximum Gasteiger partial charge on any atom is 0.345 e. The Bertz CT molecular complexity index is 845. The van der Waals surface area contributed by atoms with Crippen molar-refractivity contribution < 1.29 is 19.2 Å². The van der Waals surface area contributed by atoms with Crippen LogP contribution in [-0.4, -0.2) is 34.9 Å². The van der Waals surface area contributed by atoms with E-state index in [-0.39, 0.29) is 17.2 Å². The summed E-state index contributed by atoms with van der Waals surface area (Å²) in [5, 5.41) is 13.1. The van der Waals surface area contributed by atoms with Crippen molar-refractivity contribution in [3.05, 3.63) is 61.3 Å². The number of hydrogen-bond donors (Lipinski definition) is 0. The Labute approximate surface area is 148 Å². The lowest BCUT2D eigenvalue weighted by Crippen LogP contribution is -2.38. The summed E-state index contributed by atoms with van der Waals surface area (Å²) in [7, 11) is 0. The van der Waals surface area contributed by atoms with Crippen molar-refractivity contribution in [3.8, 4) is 0 Å². The molecule has 1 aromatic carbocycles. The summed E-state index contributed by atoms with van der Waals surface area (Å²) in [5.41, 5.74) is 1.05. The van der Waals surface area contributed by atoms with E-state index in [1.165, 1.54) is 10.9 Å². The number of thiophene rings is 1. The topological polar surface area (TPSA) is 89.8 Å². The van der Waals surface area contributed by atoms with E-state index in [1.807, 2.05) is 11.4 Å². The fraction of sp³-hybridized carbons (Fsp3) is 0.294. The summed E-state index contributed by atoms with van der Waals surface area (Å²) in [6, 6.07) is 6.41. The second-order valence-corrected chi connectivity index (χ2v) is 6.74. The summed E-state index contributed by atoms with van der Waals surface area (Å²) in [5.74, 6) is -1.17. The number of para-hydroxylation sites is 1. The number of nitro benzene ring substituents is 1. The van der Waals surface area contributed by atoms with Gasteiger partial charge in [0, 0.05) is 23.5 Å². The SMILES string of the molecule is Cc1cccc(C(=O)OCC(=O)N2CCc3sccc3C2)c1[N+](=O)[O-]. The first-order valence-electron chi connectivity index (χ1n) is 7.71. The Balaban J connectivity index is 1.64. The second-order valence-electron chi connectivity index (χ2n) is 5.74. The number of carbonyl (C=O) groups is 2. The lowest BCUT2D eigenvalue weighted by Gasteiger charge is -2.26. The van der Waals surface area contributed by atoms with Crippen LogP contribution in [0, 0.1) is 17.0 Å². The van der Waals surface area contributed by atoms with Gasteiger partial charge in [0.25, 0.3) is 11.6 Å². The van der Waals surface area contributed by atoms with E-state index < -0.39 is 17.5 Å². The lowest BCUT2D eigenvalue weighted by atomic mass is 10.1. The van der Waals surface area contributed by atoms with E-state index >= 15 is 0 Å². The average molecular weight is 360 g/mol. The molecule has 0 bridgehead atoms. The predicted octanol–water partition coefficient (Wildman–Crippen LogP) is 2.71. The monoisotopic (exact) mass is 360 g/mol. The smallest absolute Gasteiger partial charge is 0.345 e. The van der Waals surface area contributed by atoms with Crippen LogP contribution in [0.15, 0.2) is 29.6 Å². The van der Waals surface area contributed by atoms with Crippen molar-refractivity contribution >= 4 is 28.9 Å². The molecule has 1 aromatic heterocycles. The molecule has 0 N–H and O–H groups in total. The number of rotatable bonds is 4. The largest absolute Gasteiger partial charge is 0.452 e. The van der Waals surface area contributed by atoms with E-state index in [1.54, 1.807) is 35.3 Å². The highest BCUT2D eigenvalue weighted by atomic mass is 32.1. The Kier molecular flexibility index (Phi) is 4.80. The number of amides is 1. The van der Waals surface area contributed by atoms with E-state index in [4.69, 9.17) is 4.74 Å². The lowest BCUT2D eigenvalue weighted by molar-refractivity contribution is -0.385. The Hall–Kier alpha value is -2.74. The molecule has 0 spiro atoms. The number of aryl methyl sites for hydroxylation is 1. The highest BCUT2D eigenvalue weighted by molar-refractivity contribution is 7.10. The number of ether oxygens (including phenoxy) is 1. The molecule has 130 valence electrons. The highest BCUT2D eigenvalue weighted by Crippen LogP contribution is 2.25. The predicted molar refractivity (Wildman–Crippen MR) is 91.6 cm³/mol. The second kappa shape index (κ2) is 7.02. The molecule has 2 heterocycles. The third-order valence-electron chi connectivity index (χ3n) is 4.13. The summed E-state index contributed by atoms with van der Waals surface area (Å²) < 4.78 is 5.03. The van der Waals surface area contributed by atoms with Gasteiger partial charge >= 0.3 is 5.97 Å². The van der Waals surface area contributed by atoms with Crippen molar-refractivity contribution in [2.45, 2.75) is 19.9 Å². The zero-order valence-corrected chi connectivity index (χ0v) is 14.4. The van der Waals surface area contributed by atoms with Crippen LogP contribution < -0.4 is 0 Å². The number of carbonyl (C=O) groups excluding carboxylic acids is 2. The molecule has 0 radical (unpaired) electrons. The Morgan fingerprint density at radius 2 is 2.16 bits per heavy atom. The first kappa shape index (κ1) is 17.1. The van der Waals surface area contributed by atoms with Gasteiger partial charge in [-0.15, -0.1) is 11.3 Å². The molecule has 8 heteroatoms. The first-order chi connectivity index (χ1) is 12.0. The number of esters is 1. The van der Waals surface area contributed by atoms with Crippen LogP contribution >= 0.6 is 11.3 Å². The van der Waals surface area contributed by atoms with E-state index in [2.05, 4.69) is 0 Å². The minimum atomic E-state index is -0.864. The van der Waals surface area contributed by atoms with Crippen molar-refractivity contribution in [2.75, 3.05) is 13.2 Å². The molecule has 0 saturated carbocycles. The van der Waals surface area contributed by atoms with Crippen LogP contribution in [0.5, 0.6) is 0 Å². The highest BCUT2D eigenvalue weighted by Gasteiger charge is 2.26. The van der Waals surface area contributed by atoms with Crippen LogP contribution in [0.1, 0.15) is 26.4 Å². The normalized spacial score (nSPS) is 13.2. The van der Waals surface area contributed by atoms with Gasteiger partial charge in [-0.1, -0.05) is 12.1 Å². The van der Waals surface area contributed by atoms with Crippen LogP contribution in [0.4, 0.5) is 5.69 Å². The molecule has 0 aliphatic carbocycles. The van der Waals surface area contributed by atoms with Gasteiger partial charge in [0.05, 0.1) is 4.92 Å². The van der Waals surface area contributed by atoms with Crippen molar-refractivity contribution in [1.82, 2.24) is 4.90 Å². The minimum Gasteiger partial charge on any atom is -0.452 e. The first-order valence-corrected chi connectivity index (χ1v) is 8.59. The van der Waals surface area contributed by atoms with Crippen LogP contribution in [0.2, 0.25) is 0 Å². The Morgan fingerprint density at radius 3 is 2.92 bits per heavy atom. The number of fused-ring (bicyclic) bond motifs is 1.